The molecule has 1 atom stereocenters. The van der Waals surface area contributed by atoms with Crippen molar-refractivity contribution in [1.82, 2.24) is 10.2 Å². The molecular weight excluding hydrogens is 268 g/mol. The van der Waals surface area contributed by atoms with Gasteiger partial charge >= 0.3 is 0 Å². The topological polar surface area (TPSA) is 95.9 Å². The van der Waals surface area contributed by atoms with E-state index in [4.69, 9.17) is 10.5 Å². The van der Waals surface area contributed by atoms with E-state index in [1.165, 1.54) is 6.07 Å². The standard InChI is InChI=1S/C15H22N4O2/c1-21-10-13(3-2-8-16)17-12-6-4-11(5-7-12)14-9-15(20)19-18-14/h4-7,9,13,17H,2-3,8,10,16H2,1H3,(H2,18,19,20). The SMILES string of the molecule is COCC(CCCN)Nc1ccc(-c2cc(=O)[nH][nH]2)cc1. The molecule has 2 rings (SSSR count). The summed E-state index contributed by atoms with van der Waals surface area (Å²) in [6, 6.07) is 9.70. The predicted octanol–water partition coefficient (Wildman–Crippen LogP) is 1.54. The monoisotopic (exact) mass is 290 g/mol. The molecule has 0 radical (unpaired) electrons. The van der Waals surface area contributed by atoms with Gasteiger partial charge in [0.05, 0.1) is 12.3 Å². The van der Waals surface area contributed by atoms with Gasteiger partial charge in [-0.1, -0.05) is 12.1 Å². The minimum absolute atomic E-state index is 0.130. The van der Waals surface area contributed by atoms with Gasteiger partial charge in [0.25, 0.3) is 5.56 Å². The zero-order valence-electron chi connectivity index (χ0n) is 12.2. The van der Waals surface area contributed by atoms with Crippen molar-refractivity contribution in [2.24, 2.45) is 5.73 Å². The first-order valence-electron chi connectivity index (χ1n) is 7.06. The van der Waals surface area contributed by atoms with E-state index in [-0.39, 0.29) is 11.6 Å². The van der Waals surface area contributed by atoms with E-state index in [1.54, 1.807) is 7.11 Å². The molecule has 1 aromatic heterocycles. The van der Waals surface area contributed by atoms with E-state index in [0.29, 0.717) is 13.2 Å². The maximum absolute atomic E-state index is 11.1. The molecule has 0 aliphatic carbocycles. The summed E-state index contributed by atoms with van der Waals surface area (Å²) < 4.78 is 5.22. The minimum atomic E-state index is -0.130. The van der Waals surface area contributed by atoms with Gasteiger partial charge < -0.3 is 15.8 Å². The Bertz CT molecular complexity index is 588. The molecule has 6 heteroatoms. The normalized spacial score (nSPS) is 12.3. The number of methoxy groups -OCH3 is 1. The van der Waals surface area contributed by atoms with E-state index in [2.05, 4.69) is 15.5 Å². The summed E-state index contributed by atoms with van der Waals surface area (Å²) in [6.07, 6.45) is 1.93. The van der Waals surface area contributed by atoms with Crippen molar-refractivity contribution in [3.63, 3.8) is 0 Å². The maximum Gasteiger partial charge on any atom is 0.264 e. The zero-order valence-corrected chi connectivity index (χ0v) is 12.2. The molecule has 2 aromatic rings. The van der Waals surface area contributed by atoms with Crippen LogP contribution in [0.25, 0.3) is 11.3 Å². The highest BCUT2D eigenvalue weighted by Gasteiger charge is 2.08. The van der Waals surface area contributed by atoms with Crippen LogP contribution in [0.4, 0.5) is 5.69 Å². The first-order chi connectivity index (χ1) is 10.2. The molecule has 0 fully saturated rings. The molecule has 0 saturated carbocycles. The van der Waals surface area contributed by atoms with Crippen molar-refractivity contribution in [3.05, 3.63) is 40.7 Å². The molecule has 0 aliphatic rings. The van der Waals surface area contributed by atoms with Crippen LogP contribution >= 0.6 is 0 Å². The number of benzene rings is 1. The quantitative estimate of drug-likeness (QED) is 0.593. The van der Waals surface area contributed by atoms with Crippen LogP contribution in [0.15, 0.2) is 35.1 Å². The Labute approximate surface area is 123 Å². The zero-order chi connectivity index (χ0) is 15.1. The van der Waals surface area contributed by atoms with Crippen molar-refractivity contribution in [2.75, 3.05) is 25.6 Å². The summed E-state index contributed by atoms with van der Waals surface area (Å²) in [7, 11) is 1.70. The number of H-pyrrole nitrogens is 2. The van der Waals surface area contributed by atoms with E-state index in [0.717, 1.165) is 29.8 Å². The molecule has 1 unspecified atom stereocenters. The fourth-order valence-corrected chi connectivity index (χ4v) is 2.23. The van der Waals surface area contributed by atoms with Crippen molar-refractivity contribution >= 4 is 5.69 Å². The minimum Gasteiger partial charge on any atom is -0.383 e. The average molecular weight is 290 g/mol. The number of rotatable bonds is 8. The summed E-state index contributed by atoms with van der Waals surface area (Å²) in [5.74, 6) is 0. The first kappa shape index (κ1) is 15.3. The second kappa shape index (κ2) is 7.66. The Kier molecular flexibility index (Phi) is 5.59. The largest absolute Gasteiger partial charge is 0.383 e. The van der Waals surface area contributed by atoms with Gasteiger partial charge in [-0.15, -0.1) is 0 Å². The van der Waals surface area contributed by atoms with Crippen LogP contribution in [0.5, 0.6) is 0 Å². The van der Waals surface area contributed by atoms with Gasteiger partial charge in [-0.2, -0.15) is 0 Å². The van der Waals surface area contributed by atoms with Gasteiger partial charge in [-0.3, -0.25) is 15.0 Å². The lowest BCUT2D eigenvalue weighted by atomic mass is 10.1. The number of ether oxygens (including phenoxy) is 1. The smallest absolute Gasteiger partial charge is 0.264 e. The van der Waals surface area contributed by atoms with Crippen molar-refractivity contribution < 1.29 is 4.74 Å². The third-order valence-electron chi connectivity index (χ3n) is 3.29. The Morgan fingerprint density at radius 3 is 2.62 bits per heavy atom. The van der Waals surface area contributed by atoms with Crippen molar-refractivity contribution in [3.8, 4) is 11.3 Å². The summed E-state index contributed by atoms with van der Waals surface area (Å²) in [5, 5.41) is 8.81. The Balaban J connectivity index is 2.02. The van der Waals surface area contributed by atoms with Gasteiger partial charge in [-0.05, 0) is 37.1 Å². The number of anilines is 1. The van der Waals surface area contributed by atoms with Crippen molar-refractivity contribution in [2.45, 2.75) is 18.9 Å². The van der Waals surface area contributed by atoms with E-state index in [1.807, 2.05) is 24.3 Å². The molecule has 1 aromatic carbocycles. The van der Waals surface area contributed by atoms with E-state index < -0.39 is 0 Å². The van der Waals surface area contributed by atoms with Crippen LogP contribution in [0.3, 0.4) is 0 Å². The molecule has 114 valence electrons. The number of nitrogens with two attached hydrogens (primary N) is 1. The summed E-state index contributed by atoms with van der Waals surface area (Å²) in [5.41, 5.74) is 8.19. The maximum atomic E-state index is 11.1. The second-order valence-electron chi connectivity index (χ2n) is 4.98. The fourth-order valence-electron chi connectivity index (χ4n) is 2.23. The highest BCUT2D eigenvalue weighted by Crippen LogP contribution is 2.19. The Hall–Kier alpha value is -2.05. The lowest BCUT2D eigenvalue weighted by Gasteiger charge is -2.19. The summed E-state index contributed by atoms with van der Waals surface area (Å²) in [6.45, 7) is 1.33. The van der Waals surface area contributed by atoms with Gasteiger partial charge in [-0.25, -0.2) is 0 Å². The third-order valence-corrected chi connectivity index (χ3v) is 3.29. The van der Waals surface area contributed by atoms with Crippen LogP contribution in [0.1, 0.15) is 12.8 Å². The van der Waals surface area contributed by atoms with Crippen molar-refractivity contribution in [1.29, 1.82) is 0 Å². The molecule has 0 saturated heterocycles. The van der Waals surface area contributed by atoms with Crippen LogP contribution in [-0.2, 0) is 4.74 Å². The second-order valence-corrected chi connectivity index (χ2v) is 4.98. The van der Waals surface area contributed by atoms with Gasteiger partial charge in [0, 0.05) is 24.9 Å². The molecule has 6 nitrogen and oxygen atoms in total. The number of hydrogen-bond donors (Lipinski definition) is 4. The van der Waals surface area contributed by atoms with Crippen LogP contribution < -0.4 is 16.6 Å². The lowest BCUT2D eigenvalue weighted by molar-refractivity contribution is 0.182. The molecule has 21 heavy (non-hydrogen) atoms. The first-order valence-corrected chi connectivity index (χ1v) is 7.06. The molecule has 0 bridgehead atoms. The number of nitrogens with one attached hydrogen (secondary N) is 3. The van der Waals surface area contributed by atoms with Gasteiger partial charge in [0.1, 0.15) is 0 Å². The van der Waals surface area contributed by atoms with E-state index in [9.17, 15) is 4.79 Å². The van der Waals surface area contributed by atoms with Crippen LogP contribution in [-0.4, -0.2) is 36.5 Å². The van der Waals surface area contributed by atoms with Crippen LogP contribution in [0, 0.1) is 0 Å². The van der Waals surface area contributed by atoms with E-state index >= 15 is 0 Å². The average Bonchev–Trinajstić information content (AvgIpc) is 2.92. The predicted molar refractivity (Wildman–Crippen MR) is 84.4 cm³/mol. The highest BCUT2D eigenvalue weighted by molar-refractivity contribution is 5.62. The molecular formula is C15H22N4O2. The number of aromatic nitrogens is 2. The molecule has 0 amide bonds. The van der Waals surface area contributed by atoms with Crippen LogP contribution in [0.2, 0.25) is 0 Å². The Morgan fingerprint density at radius 2 is 2.05 bits per heavy atom. The summed E-state index contributed by atoms with van der Waals surface area (Å²) in [4.78, 5) is 11.1. The fraction of sp³-hybridized carbons (Fsp3) is 0.400. The number of hydrogen-bond acceptors (Lipinski definition) is 4. The molecule has 0 spiro atoms. The van der Waals surface area contributed by atoms with Gasteiger partial charge in [0.15, 0.2) is 0 Å². The molecule has 5 N–H and O–H groups in total. The number of aromatic amines is 2. The third kappa shape index (κ3) is 4.47. The highest BCUT2D eigenvalue weighted by atomic mass is 16.5. The lowest BCUT2D eigenvalue weighted by Crippen LogP contribution is -2.25. The Morgan fingerprint density at radius 1 is 1.29 bits per heavy atom. The van der Waals surface area contributed by atoms with Gasteiger partial charge in [0.2, 0.25) is 0 Å². The molecule has 1 heterocycles. The summed E-state index contributed by atoms with van der Waals surface area (Å²) >= 11 is 0. The molecule has 0 aliphatic heterocycles.